The molecular formula is C19H19ClF3N3OS. The number of likely N-dealkylation sites (tertiary alicyclic amines) is 1. The SMILES string of the molecule is O=C(CSc1ncc(C(F)(F)F)cc1Cl)N[C@H]1CCN(Cc2ccccc2)C1. The zero-order valence-corrected chi connectivity index (χ0v) is 16.4. The van der Waals surface area contributed by atoms with Crippen molar-refractivity contribution in [2.24, 2.45) is 0 Å². The standard InChI is InChI=1S/C19H19ClF3N3OS/c20-16-8-14(19(21,22)23)9-24-18(16)28-12-17(27)25-15-6-7-26(11-15)10-13-4-2-1-3-5-13/h1-5,8-9,15H,6-7,10-12H2,(H,25,27)/t15-/m0/s1. The first-order valence-electron chi connectivity index (χ1n) is 8.72. The maximum Gasteiger partial charge on any atom is 0.417 e. The van der Waals surface area contributed by atoms with Gasteiger partial charge in [-0.2, -0.15) is 13.2 Å². The summed E-state index contributed by atoms with van der Waals surface area (Å²) in [7, 11) is 0. The largest absolute Gasteiger partial charge is 0.417 e. The molecule has 1 aliphatic rings. The van der Waals surface area contributed by atoms with Crippen LogP contribution in [0.4, 0.5) is 13.2 Å². The van der Waals surface area contributed by atoms with Crippen LogP contribution in [0, 0.1) is 0 Å². The van der Waals surface area contributed by atoms with Crippen molar-refractivity contribution < 1.29 is 18.0 Å². The first-order chi connectivity index (χ1) is 13.3. The number of nitrogens with zero attached hydrogens (tertiary/aromatic N) is 2. The Morgan fingerprint density at radius 3 is 2.75 bits per heavy atom. The van der Waals surface area contributed by atoms with Crippen LogP contribution in [-0.2, 0) is 17.5 Å². The van der Waals surface area contributed by atoms with Gasteiger partial charge in [-0.1, -0.05) is 53.7 Å². The Bertz CT molecular complexity index is 820. The van der Waals surface area contributed by atoms with E-state index in [1.165, 1.54) is 5.56 Å². The molecule has 0 spiro atoms. The van der Waals surface area contributed by atoms with Crippen molar-refractivity contribution in [2.45, 2.75) is 30.2 Å². The number of nitrogens with one attached hydrogen (secondary N) is 1. The number of benzene rings is 1. The highest BCUT2D eigenvalue weighted by atomic mass is 35.5. The molecule has 1 amide bonds. The molecule has 1 atom stereocenters. The van der Waals surface area contributed by atoms with Crippen LogP contribution in [0.2, 0.25) is 5.02 Å². The van der Waals surface area contributed by atoms with Gasteiger partial charge in [0, 0.05) is 31.9 Å². The van der Waals surface area contributed by atoms with Gasteiger partial charge in [0.1, 0.15) is 5.03 Å². The van der Waals surface area contributed by atoms with Crippen molar-refractivity contribution in [1.82, 2.24) is 15.2 Å². The summed E-state index contributed by atoms with van der Waals surface area (Å²) in [5, 5.41) is 3.07. The van der Waals surface area contributed by atoms with Gasteiger partial charge in [-0.15, -0.1) is 0 Å². The van der Waals surface area contributed by atoms with Crippen molar-refractivity contribution in [1.29, 1.82) is 0 Å². The Balaban J connectivity index is 1.45. The van der Waals surface area contributed by atoms with Gasteiger partial charge in [-0.3, -0.25) is 9.69 Å². The van der Waals surface area contributed by atoms with E-state index in [0.29, 0.717) is 0 Å². The van der Waals surface area contributed by atoms with Gasteiger partial charge in [-0.25, -0.2) is 4.98 Å². The Morgan fingerprint density at radius 1 is 1.32 bits per heavy atom. The molecule has 0 bridgehead atoms. The molecule has 28 heavy (non-hydrogen) atoms. The quantitative estimate of drug-likeness (QED) is 0.698. The molecule has 1 aromatic carbocycles. The van der Waals surface area contributed by atoms with Crippen LogP contribution in [0.5, 0.6) is 0 Å². The summed E-state index contributed by atoms with van der Waals surface area (Å²) in [6, 6.07) is 11.0. The lowest BCUT2D eigenvalue weighted by molar-refractivity contribution is -0.137. The molecule has 4 nitrogen and oxygen atoms in total. The molecule has 2 heterocycles. The number of hydrogen-bond acceptors (Lipinski definition) is 4. The van der Waals surface area contributed by atoms with Crippen molar-refractivity contribution >= 4 is 29.3 Å². The fourth-order valence-corrected chi connectivity index (χ4v) is 4.03. The highest BCUT2D eigenvalue weighted by molar-refractivity contribution is 8.00. The number of pyridine rings is 1. The number of thioether (sulfide) groups is 1. The highest BCUT2D eigenvalue weighted by Gasteiger charge is 2.31. The zero-order chi connectivity index (χ0) is 20.1. The number of aromatic nitrogens is 1. The van der Waals surface area contributed by atoms with Gasteiger partial charge in [0.25, 0.3) is 0 Å². The van der Waals surface area contributed by atoms with Gasteiger partial charge in [0.15, 0.2) is 0 Å². The van der Waals surface area contributed by atoms with Crippen LogP contribution < -0.4 is 5.32 Å². The predicted molar refractivity (Wildman–Crippen MR) is 103 cm³/mol. The first kappa shape index (κ1) is 21.0. The molecule has 9 heteroatoms. The molecule has 1 saturated heterocycles. The minimum absolute atomic E-state index is 0.0489. The highest BCUT2D eigenvalue weighted by Crippen LogP contribution is 2.33. The summed E-state index contributed by atoms with van der Waals surface area (Å²) in [5.41, 5.74) is 0.323. The summed E-state index contributed by atoms with van der Waals surface area (Å²) in [5.74, 6) is -0.137. The minimum Gasteiger partial charge on any atom is -0.351 e. The molecule has 0 aliphatic carbocycles. The molecule has 150 valence electrons. The molecule has 1 N–H and O–H groups in total. The van der Waals surface area contributed by atoms with Crippen molar-refractivity contribution in [3.8, 4) is 0 Å². The molecule has 2 aromatic rings. The van der Waals surface area contributed by atoms with Crippen LogP contribution in [0.25, 0.3) is 0 Å². The molecule has 1 fully saturated rings. The van der Waals surface area contributed by atoms with E-state index in [-0.39, 0.29) is 27.8 Å². The van der Waals surface area contributed by atoms with Gasteiger partial charge in [0.05, 0.1) is 16.3 Å². The Kier molecular flexibility index (Phi) is 6.85. The van der Waals surface area contributed by atoms with E-state index in [1.54, 1.807) is 0 Å². The Labute approximate surface area is 170 Å². The van der Waals surface area contributed by atoms with E-state index >= 15 is 0 Å². The summed E-state index contributed by atoms with van der Waals surface area (Å²) in [6.07, 6.45) is -2.90. The van der Waals surface area contributed by atoms with Crippen molar-refractivity contribution in [2.75, 3.05) is 18.8 Å². The van der Waals surface area contributed by atoms with Crippen LogP contribution in [0.1, 0.15) is 17.5 Å². The summed E-state index contributed by atoms with van der Waals surface area (Å²) >= 11 is 6.89. The topological polar surface area (TPSA) is 45.2 Å². The average Bonchev–Trinajstić information content (AvgIpc) is 3.07. The molecule has 1 aliphatic heterocycles. The fourth-order valence-electron chi connectivity index (χ4n) is 3.03. The minimum atomic E-state index is -4.49. The second-order valence-electron chi connectivity index (χ2n) is 6.57. The van der Waals surface area contributed by atoms with Crippen LogP contribution in [0.15, 0.2) is 47.6 Å². The van der Waals surface area contributed by atoms with Gasteiger partial charge in [0.2, 0.25) is 5.91 Å². The summed E-state index contributed by atoms with van der Waals surface area (Å²) in [6.45, 7) is 2.51. The third kappa shape index (κ3) is 5.86. The predicted octanol–water partition coefficient (Wildman–Crippen LogP) is 4.24. The first-order valence-corrected chi connectivity index (χ1v) is 10.1. The van der Waals surface area contributed by atoms with E-state index in [9.17, 15) is 18.0 Å². The molecule has 0 saturated carbocycles. The number of carbonyl (C=O) groups is 1. The summed E-state index contributed by atoms with van der Waals surface area (Å²) < 4.78 is 37.9. The lowest BCUT2D eigenvalue weighted by Gasteiger charge is -2.16. The maximum absolute atomic E-state index is 12.6. The maximum atomic E-state index is 12.6. The van der Waals surface area contributed by atoms with Crippen LogP contribution >= 0.6 is 23.4 Å². The van der Waals surface area contributed by atoms with Gasteiger partial charge >= 0.3 is 6.18 Å². The number of halogens is 4. The van der Waals surface area contributed by atoms with E-state index in [4.69, 9.17) is 11.6 Å². The Morgan fingerprint density at radius 2 is 2.07 bits per heavy atom. The second-order valence-corrected chi connectivity index (χ2v) is 7.94. The van der Waals surface area contributed by atoms with E-state index in [2.05, 4.69) is 27.3 Å². The molecule has 0 unspecified atom stereocenters. The lowest BCUT2D eigenvalue weighted by atomic mass is 10.2. The van der Waals surface area contributed by atoms with E-state index in [0.717, 1.165) is 50.1 Å². The van der Waals surface area contributed by atoms with E-state index in [1.807, 2.05) is 18.2 Å². The number of rotatable bonds is 6. The van der Waals surface area contributed by atoms with Crippen molar-refractivity contribution in [3.05, 3.63) is 58.7 Å². The lowest BCUT2D eigenvalue weighted by Crippen LogP contribution is -2.38. The number of amides is 1. The van der Waals surface area contributed by atoms with Gasteiger partial charge in [-0.05, 0) is 18.1 Å². The van der Waals surface area contributed by atoms with Gasteiger partial charge < -0.3 is 5.32 Å². The van der Waals surface area contributed by atoms with E-state index < -0.39 is 11.7 Å². The third-order valence-electron chi connectivity index (χ3n) is 4.36. The number of alkyl halides is 3. The zero-order valence-electron chi connectivity index (χ0n) is 14.9. The number of carbonyl (C=O) groups excluding carboxylic acids is 1. The van der Waals surface area contributed by atoms with Crippen molar-refractivity contribution in [3.63, 3.8) is 0 Å². The fraction of sp³-hybridized carbons (Fsp3) is 0.368. The van der Waals surface area contributed by atoms with Crippen LogP contribution in [0.3, 0.4) is 0 Å². The van der Waals surface area contributed by atoms with Crippen LogP contribution in [-0.4, -0.2) is 40.7 Å². The summed E-state index contributed by atoms with van der Waals surface area (Å²) in [4.78, 5) is 18.2. The molecule has 1 aromatic heterocycles. The average molecular weight is 430 g/mol. The molecular weight excluding hydrogens is 411 g/mol. The smallest absolute Gasteiger partial charge is 0.351 e. The normalized spacial score (nSPS) is 17.6. The number of hydrogen-bond donors (Lipinski definition) is 1. The molecule has 3 rings (SSSR count). The third-order valence-corrected chi connectivity index (χ3v) is 5.77. The Hall–Kier alpha value is -1.77. The molecule has 0 radical (unpaired) electrons. The second kappa shape index (κ2) is 9.15. The monoisotopic (exact) mass is 429 g/mol.